The number of carbonyl (C=O) groups excluding carboxylic acids is 1. The number of amides is 1. The lowest BCUT2D eigenvalue weighted by Gasteiger charge is -2.15. The van der Waals surface area contributed by atoms with E-state index >= 15 is 0 Å². The average molecular weight is 356 g/mol. The fourth-order valence-corrected chi connectivity index (χ4v) is 3.43. The standard InChI is InChI=1S/C19H24N4OS/c1-12(2)11-23-14(4)13(3)21-19(23)25-15(5)18(24)22-17-8-6-7-16(9-17)10-20/h6-9,12,15H,11H2,1-5H3,(H,22,24). The normalized spacial score (nSPS) is 12.0. The molecule has 1 unspecified atom stereocenters. The van der Waals surface area contributed by atoms with Gasteiger partial charge in [-0.15, -0.1) is 0 Å². The first-order valence-corrected chi connectivity index (χ1v) is 9.21. The summed E-state index contributed by atoms with van der Waals surface area (Å²) in [6.07, 6.45) is 0. The number of aromatic nitrogens is 2. The number of nitriles is 1. The summed E-state index contributed by atoms with van der Waals surface area (Å²) in [6.45, 7) is 11.1. The van der Waals surface area contributed by atoms with Gasteiger partial charge in [-0.25, -0.2) is 4.98 Å². The number of hydrogen-bond acceptors (Lipinski definition) is 4. The van der Waals surface area contributed by atoms with Gasteiger partial charge in [-0.2, -0.15) is 5.26 Å². The molecule has 0 fully saturated rings. The van der Waals surface area contributed by atoms with E-state index in [4.69, 9.17) is 5.26 Å². The Morgan fingerprint density at radius 2 is 2.08 bits per heavy atom. The summed E-state index contributed by atoms with van der Waals surface area (Å²) in [5, 5.41) is 12.4. The zero-order valence-corrected chi connectivity index (χ0v) is 16.1. The molecular weight excluding hydrogens is 332 g/mol. The molecule has 1 aromatic heterocycles. The van der Waals surface area contributed by atoms with E-state index in [1.165, 1.54) is 11.8 Å². The van der Waals surface area contributed by atoms with Crippen molar-refractivity contribution in [1.82, 2.24) is 9.55 Å². The SMILES string of the molecule is Cc1nc(SC(C)C(=O)Nc2cccc(C#N)c2)n(CC(C)C)c1C. The summed E-state index contributed by atoms with van der Waals surface area (Å²) in [7, 11) is 0. The van der Waals surface area contributed by atoms with E-state index in [-0.39, 0.29) is 11.2 Å². The fraction of sp³-hybridized carbons (Fsp3) is 0.421. The van der Waals surface area contributed by atoms with Gasteiger partial charge in [0.05, 0.1) is 22.6 Å². The van der Waals surface area contributed by atoms with Gasteiger partial charge in [-0.05, 0) is 44.9 Å². The second kappa shape index (κ2) is 8.21. The molecule has 0 saturated heterocycles. The van der Waals surface area contributed by atoms with E-state index in [1.807, 2.05) is 13.8 Å². The van der Waals surface area contributed by atoms with Gasteiger partial charge < -0.3 is 9.88 Å². The highest BCUT2D eigenvalue weighted by molar-refractivity contribution is 8.00. The highest BCUT2D eigenvalue weighted by atomic mass is 32.2. The zero-order valence-electron chi connectivity index (χ0n) is 15.3. The molecule has 5 nitrogen and oxygen atoms in total. The molecule has 2 rings (SSSR count). The topological polar surface area (TPSA) is 70.7 Å². The maximum atomic E-state index is 12.5. The van der Waals surface area contributed by atoms with E-state index < -0.39 is 0 Å². The van der Waals surface area contributed by atoms with Crippen molar-refractivity contribution in [2.45, 2.75) is 51.6 Å². The number of nitrogens with one attached hydrogen (secondary N) is 1. The zero-order chi connectivity index (χ0) is 18.6. The number of imidazole rings is 1. The predicted molar refractivity (Wildman–Crippen MR) is 102 cm³/mol. The van der Waals surface area contributed by atoms with Crippen molar-refractivity contribution in [3.05, 3.63) is 41.2 Å². The molecule has 0 radical (unpaired) electrons. The average Bonchev–Trinajstić information content (AvgIpc) is 2.82. The minimum atomic E-state index is -0.294. The molecule has 0 aliphatic rings. The van der Waals surface area contributed by atoms with Crippen LogP contribution in [0.25, 0.3) is 0 Å². The van der Waals surface area contributed by atoms with Gasteiger partial charge in [0.25, 0.3) is 0 Å². The molecule has 2 aromatic rings. The minimum Gasteiger partial charge on any atom is -0.325 e. The highest BCUT2D eigenvalue weighted by Crippen LogP contribution is 2.27. The molecule has 1 amide bonds. The van der Waals surface area contributed by atoms with Crippen LogP contribution >= 0.6 is 11.8 Å². The maximum absolute atomic E-state index is 12.5. The Morgan fingerprint density at radius 3 is 2.72 bits per heavy atom. The van der Waals surface area contributed by atoms with Crippen LogP contribution in [0.3, 0.4) is 0 Å². The van der Waals surface area contributed by atoms with Crippen LogP contribution < -0.4 is 5.32 Å². The lowest BCUT2D eigenvalue weighted by molar-refractivity contribution is -0.115. The molecule has 1 N–H and O–H groups in total. The molecule has 0 aliphatic heterocycles. The van der Waals surface area contributed by atoms with Crippen molar-refractivity contribution in [3.63, 3.8) is 0 Å². The van der Waals surface area contributed by atoms with Crippen LogP contribution in [0.1, 0.15) is 37.7 Å². The molecule has 6 heteroatoms. The van der Waals surface area contributed by atoms with Crippen molar-refractivity contribution in [2.75, 3.05) is 5.32 Å². The molecular formula is C19H24N4OS. The van der Waals surface area contributed by atoms with E-state index in [0.29, 0.717) is 17.2 Å². The fourth-order valence-electron chi connectivity index (χ4n) is 2.42. The van der Waals surface area contributed by atoms with Gasteiger partial charge >= 0.3 is 0 Å². The van der Waals surface area contributed by atoms with E-state index in [2.05, 4.69) is 41.7 Å². The molecule has 0 bridgehead atoms. The summed E-state index contributed by atoms with van der Waals surface area (Å²) in [6, 6.07) is 8.99. The molecule has 25 heavy (non-hydrogen) atoms. The second-order valence-electron chi connectivity index (χ2n) is 6.51. The highest BCUT2D eigenvalue weighted by Gasteiger charge is 2.20. The van der Waals surface area contributed by atoms with E-state index in [0.717, 1.165) is 23.1 Å². The summed E-state index contributed by atoms with van der Waals surface area (Å²) in [5.74, 6) is 0.402. The Morgan fingerprint density at radius 1 is 1.36 bits per heavy atom. The van der Waals surface area contributed by atoms with Crippen LogP contribution in [-0.2, 0) is 11.3 Å². The number of benzene rings is 1. The van der Waals surface area contributed by atoms with Crippen LogP contribution in [0.5, 0.6) is 0 Å². The van der Waals surface area contributed by atoms with Crippen molar-refractivity contribution in [1.29, 1.82) is 5.26 Å². The maximum Gasteiger partial charge on any atom is 0.237 e. The summed E-state index contributed by atoms with van der Waals surface area (Å²) in [4.78, 5) is 17.1. The Balaban J connectivity index is 2.11. The molecule has 0 saturated carbocycles. The van der Waals surface area contributed by atoms with E-state index in [1.54, 1.807) is 24.3 Å². The van der Waals surface area contributed by atoms with Gasteiger partial charge in [0.2, 0.25) is 5.91 Å². The van der Waals surface area contributed by atoms with Crippen molar-refractivity contribution in [3.8, 4) is 6.07 Å². The van der Waals surface area contributed by atoms with Crippen molar-refractivity contribution < 1.29 is 4.79 Å². The third kappa shape index (κ3) is 4.86. The summed E-state index contributed by atoms with van der Waals surface area (Å²) >= 11 is 1.46. The van der Waals surface area contributed by atoms with Crippen LogP contribution in [0, 0.1) is 31.1 Å². The first kappa shape index (κ1) is 19.1. The third-order valence-corrected chi connectivity index (χ3v) is 4.97. The van der Waals surface area contributed by atoms with Crippen LogP contribution in [0.15, 0.2) is 29.4 Å². The number of hydrogen-bond donors (Lipinski definition) is 1. The number of aryl methyl sites for hydroxylation is 1. The van der Waals surface area contributed by atoms with Crippen LogP contribution in [0.4, 0.5) is 5.69 Å². The smallest absolute Gasteiger partial charge is 0.237 e. The number of carbonyl (C=O) groups is 1. The third-order valence-electron chi connectivity index (χ3n) is 3.88. The Bertz CT molecular complexity index is 804. The van der Waals surface area contributed by atoms with Gasteiger partial charge in [0, 0.05) is 17.9 Å². The molecule has 1 aromatic carbocycles. The second-order valence-corrected chi connectivity index (χ2v) is 7.82. The molecule has 0 aliphatic carbocycles. The molecule has 1 atom stereocenters. The largest absolute Gasteiger partial charge is 0.325 e. The Kier molecular flexibility index (Phi) is 6.27. The Labute approximate surface area is 153 Å². The number of thioether (sulfide) groups is 1. The molecule has 132 valence electrons. The first-order valence-electron chi connectivity index (χ1n) is 8.33. The lowest BCUT2D eigenvalue weighted by Crippen LogP contribution is -2.23. The minimum absolute atomic E-state index is 0.102. The van der Waals surface area contributed by atoms with Gasteiger partial charge in [0.1, 0.15) is 0 Å². The van der Waals surface area contributed by atoms with E-state index in [9.17, 15) is 4.79 Å². The van der Waals surface area contributed by atoms with Gasteiger partial charge in [-0.1, -0.05) is 31.7 Å². The number of anilines is 1. The van der Waals surface area contributed by atoms with Gasteiger partial charge in [0.15, 0.2) is 5.16 Å². The lowest BCUT2D eigenvalue weighted by atomic mass is 10.2. The van der Waals surface area contributed by atoms with Crippen molar-refractivity contribution >= 4 is 23.4 Å². The van der Waals surface area contributed by atoms with Crippen molar-refractivity contribution in [2.24, 2.45) is 5.92 Å². The monoisotopic (exact) mass is 356 g/mol. The summed E-state index contributed by atoms with van der Waals surface area (Å²) < 4.78 is 2.19. The molecule has 1 heterocycles. The predicted octanol–water partition coefficient (Wildman–Crippen LogP) is 4.15. The van der Waals surface area contributed by atoms with Gasteiger partial charge in [-0.3, -0.25) is 4.79 Å². The molecule has 0 spiro atoms. The number of rotatable bonds is 6. The van der Waals surface area contributed by atoms with Crippen LogP contribution in [-0.4, -0.2) is 20.7 Å². The first-order chi connectivity index (χ1) is 11.8. The summed E-state index contributed by atoms with van der Waals surface area (Å²) in [5.41, 5.74) is 3.30. The van der Waals surface area contributed by atoms with Crippen LogP contribution in [0.2, 0.25) is 0 Å². The number of nitrogens with zero attached hydrogens (tertiary/aromatic N) is 3. The quantitative estimate of drug-likeness (QED) is 0.790. The Hall–Kier alpha value is -2.26.